The van der Waals surface area contributed by atoms with Crippen molar-refractivity contribution in [3.05, 3.63) is 35.9 Å². The van der Waals surface area contributed by atoms with E-state index in [4.69, 9.17) is 0 Å². The molecule has 2 fully saturated rings. The minimum absolute atomic E-state index is 0.0104. The van der Waals surface area contributed by atoms with Gasteiger partial charge in [-0.2, -0.15) is 0 Å². The van der Waals surface area contributed by atoms with E-state index in [-0.39, 0.29) is 29.9 Å². The average molecular weight is 357 g/mol. The fraction of sp³-hybridized carbons (Fsp3) is 0.636. The van der Waals surface area contributed by atoms with E-state index in [2.05, 4.69) is 31.3 Å². The smallest absolute Gasteiger partial charge is 0.223 e. The number of nitrogens with one attached hydrogen (secondary N) is 1. The number of benzene rings is 1. The van der Waals surface area contributed by atoms with Crippen molar-refractivity contribution in [3.63, 3.8) is 0 Å². The molecular weight excluding hydrogens is 324 g/mol. The van der Waals surface area contributed by atoms with Gasteiger partial charge in [-0.1, -0.05) is 49.6 Å². The number of hydrogen-bond donors (Lipinski definition) is 1. The molecular formula is C22H32N2O2. The number of amides is 2. The van der Waals surface area contributed by atoms with Crippen LogP contribution in [0, 0.1) is 5.92 Å². The molecule has 4 nitrogen and oxygen atoms in total. The molecule has 1 aliphatic carbocycles. The quantitative estimate of drug-likeness (QED) is 0.830. The van der Waals surface area contributed by atoms with Gasteiger partial charge in [-0.25, -0.2) is 0 Å². The van der Waals surface area contributed by atoms with Crippen LogP contribution in [0.1, 0.15) is 76.8 Å². The number of carbonyl (C=O) groups is 2. The highest BCUT2D eigenvalue weighted by molar-refractivity contribution is 5.82. The van der Waals surface area contributed by atoms with Crippen molar-refractivity contribution in [3.8, 4) is 0 Å². The van der Waals surface area contributed by atoms with Crippen LogP contribution >= 0.6 is 0 Å². The lowest BCUT2D eigenvalue weighted by Crippen LogP contribution is -2.43. The minimum atomic E-state index is 0.0104. The summed E-state index contributed by atoms with van der Waals surface area (Å²) >= 11 is 0. The zero-order valence-corrected chi connectivity index (χ0v) is 16.1. The van der Waals surface area contributed by atoms with Gasteiger partial charge in [0.2, 0.25) is 11.8 Å². The first-order valence-electron chi connectivity index (χ1n) is 10.2. The average Bonchev–Trinajstić information content (AvgIpc) is 3.02. The van der Waals surface area contributed by atoms with E-state index in [0.29, 0.717) is 18.8 Å². The summed E-state index contributed by atoms with van der Waals surface area (Å²) in [6, 6.07) is 10.4. The molecule has 0 aromatic heterocycles. The molecule has 1 unspecified atom stereocenters. The monoisotopic (exact) mass is 356 g/mol. The van der Waals surface area contributed by atoms with E-state index < -0.39 is 0 Å². The van der Waals surface area contributed by atoms with Crippen LogP contribution in [-0.2, 0) is 9.59 Å². The van der Waals surface area contributed by atoms with Gasteiger partial charge in [-0.3, -0.25) is 9.59 Å². The first-order chi connectivity index (χ1) is 12.6. The standard InChI is InChI=1S/C22H32N2O2/c1-16(18-9-5-3-6-10-18)23-21(25)15-20-13-14-22(26)24(20)17(2)19-11-7-4-8-12-19/h4,7-8,11-12,16-18,20H,3,5-6,9-10,13-15H2,1-2H3,(H,23,25)/t16-,17-,20?/m1/s1. The Morgan fingerprint density at radius 1 is 1.12 bits per heavy atom. The second-order valence-electron chi connectivity index (χ2n) is 8.04. The van der Waals surface area contributed by atoms with E-state index in [9.17, 15) is 9.59 Å². The number of nitrogens with zero attached hydrogens (tertiary/aromatic N) is 1. The Hall–Kier alpha value is -1.84. The molecule has 0 radical (unpaired) electrons. The van der Waals surface area contributed by atoms with Gasteiger partial charge in [-0.15, -0.1) is 0 Å². The maximum Gasteiger partial charge on any atom is 0.223 e. The first kappa shape index (κ1) is 18.9. The highest BCUT2D eigenvalue weighted by Gasteiger charge is 2.36. The van der Waals surface area contributed by atoms with Crippen molar-refractivity contribution in [2.75, 3.05) is 0 Å². The normalized spacial score (nSPS) is 23.7. The Morgan fingerprint density at radius 2 is 1.81 bits per heavy atom. The van der Waals surface area contributed by atoms with Crippen molar-refractivity contribution < 1.29 is 9.59 Å². The van der Waals surface area contributed by atoms with Crippen molar-refractivity contribution in [2.45, 2.75) is 83.3 Å². The van der Waals surface area contributed by atoms with Gasteiger partial charge in [0.15, 0.2) is 0 Å². The second-order valence-corrected chi connectivity index (χ2v) is 8.04. The summed E-state index contributed by atoms with van der Waals surface area (Å²) in [5.74, 6) is 0.866. The molecule has 1 aromatic rings. The molecule has 1 heterocycles. The predicted octanol–water partition coefficient (Wildman–Crippen LogP) is 4.21. The van der Waals surface area contributed by atoms with E-state index in [1.807, 2.05) is 23.1 Å². The third-order valence-electron chi connectivity index (χ3n) is 6.24. The fourth-order valence-electron chi connectivity index (χ4n) is 4.67. The molecule has 2 amide bonds. The molecule has 0 bridgehead atoms. The fourth-order valence-corrected chi connectivity index (χ4v) is 4.67. The molecule has 1 saturated heterocycles. The van der Waals surface area contributed by atoms with Crippen molar-refractivity contribution in [1.82, 2.24) is 10.2 Å². The van der Waals surface area contributed by atoms with Gasteiger partial charge < -0.3 is 10.2 Å². The molecule has 1 saturated carbocycles. The molecule has 26 heavy (non-hydrogen) atoms. The number of carbonyl (C=O) groups excluding carboxylic acids is 2. The molecule has 142 valence electrons. The molecule has 3 atom stereocenters. The Labute approximate surface area is 157 Å². The predicted molar refractivity (Wildman–Crippen MR) is 104 cm³/mol. The van der Waals surface area contributed by atoms with Crippen LogP contribution in [0.2, 0.25) is 0 Å². The summed E-state index contributed by atoms with van der Waals surface area (Å²) in [4.78, 5) is 27.0. The number of hydrogen-bond acceptors (Lipinski definition) is 2. The summed E-state index contributed by atoms with van der Waals surface area (Å²) in [6.07, 6.45) is 8.08. The summed E-state index contributed by atoms with van der Waals surface area (Å²) in [5.41, 5.74) is 1.13. The summed E-state index contributed by atoms with van der Waals surface area (Å²) in [6.45, 7) is 4.20. The summed E-state index contributed by atoms with van der Waals surface area (Å²) < 4.78 is 0. The van der Waals surface area contributed by atoms with Crippen LogP contribution in [0.25, 0.3) is 0 Å². The lowest BCUT2D eigenvalue weighted by atomic mass is 9.84. The molecule has 0 spiro atoms. The molecule has 3 rings (SSSR count). The van der Waals surface area contributed by atoms with Crippen molar-refractivity contribution in [2.24, 2.45) is 5.92 Å². The van der Waals surface area contributed by atoms with Crippen molar-refractivity contribution >= 4 is 11.8 Å². The van der Waals surface area contributed by atoms with Gasteiger partial charge >= 0.3 is 0 Å². The largest absolute Gasteiger partial charge is 0.353 e. The van der Waals surface area contributed by atoms with Gasteiger partial charge in [0.1, 0.15) is 0 Å². The first-order valence-corrected chi connectivity index (χ1v) is 10.2. The van der Waals surface area contributed by atoms with Gasteiger partial charge in [-0.05, 0) is 44.6 Å². The number of likely N-dealkylation sites (tertiary alicyclic amines) is 1. The lowest BCUT2D eigenvalue weighted by molar-refractivity contribution is -0.132. The van der Waals surface area contributed by atoms with Crippen LogP contribution < -0.4 is 5.32 Å². The maximum atomic E-state index is 12.6. The van der Waals surface area contributed by atoms with Gasteiger partial charge in [0.05, 0.1) is 6.04 Å². The molecule has 1 N–H and O–H groups in total. The van der Waals surface area contributed by atoms with E-state index in [1.54, 1.807) is 0 Å². The highest BCUT2D eigenvalue weighted by atomic mass is 16.2. The molecule has 2 aliphatic rings. The van der Waals surface area contributed by atoms with Crippen LogP contribution in [-0.4, -0.2) is 28.8 Å². The van der Waals surface area contributed by atoms with E-state index in [0.717, 1.165) is 12.0 Å². The van der Waals surface area contributed by atoms with Crippen LogP contribution in [0.5, 0.6) is 0 Å². The maximum absolute atomic E-state index is 12.6. The van der Waals surface area contributed by atoms with E-state index >= 15 is 0 Å². The second kappa shape index (κ2) is 8.70. The topological polar surface area (TPSA) is 49.4 Å². The molecule has 1 aliphatic heterocycles. The molecule has 4 heteroatoms. The SMILES string of the molecule is C[C@H](c1ccccc1)N1C(=O)CCC1CC(=O)N[C@H](C)C1CCCCC1. The van der Waals surface area contributed by atoms with Crippen molar-refractivity contribution in [1.29, 1.82) is 0 Å². The van der Waals surface area contributed by atoms with Gasteiger partial charge in [0, 0.05) is 24.9 Å². The van der Waals surface area contributed by atoms with Crippen LogP contribution in [0.4, 0.5) is 0 Å². The lowest BCUT2D eigenvalue weighted by Gasteiger charge is -2.32. The third-order valence-corrected chi connectivity index (χ3v) is 6.24. The van der Waals surface area contributed by atoms with Crippen LogP contribution in [0.3, 0.4) is 0 Å². The minimum Gasteiger partial charge on any atom is -0.353 e. The Bertz CT molecular complexity index is 610. The third kappa shape index (κ3) is 4.46. The number of rotatable bonds is 6. The van der Waals surface area contributed by atoms with Crippen LogP contribution in [0.15, 0.2) is 30.3 Å². The highest BCUT2D eigenvalue weighted by Crippen LogP contribution is 2.32. The summed E-state index contributed by atoms with van der Waals surface area (Å²) in [7, 11) is 0. The summed E-state index contributed by atoms with van der Waals surface area (Å²) in [5, 5.41) is 3.21. The van der Waals surface area contributed by atoms with E-state index in [1.165, 1.54) is 32.1 Å². The zero-order valence-electron chi connectivity index (χ0n) is 16.1. The Balaban J connectivity index is 1.58. The zero-order chi connectivity index (χ0) is 18.5. The molecule has 1 aromatic carbocycles. The Kier molecular flexibility index (Phi) is 6.33. The Morgan fingerprint density at radius 3 is 2.50 bits per heavy atom. The van der Waals surface area contributed by atoms with Gasteiger partial charge in [0.25, 0.3) is 0 Å².